The molecule has 2 rings (SSSR count). The zero-order valence-corrected chi connectivity index (χ0v) is 12.7. The van der Waals surface area contributed by atoms with Gasteiger partial charge in [0.1, 0.15) is 0 Å². The monoisotopic (exact) mass is 327 g/mol. The van der Waals surface area contributed by atoms with E-state index < -0.39 is 5.54 Å². The highest BCUT2D eigenvalue weighted by atomic mass is 79.9. The Morgan fingerprint density at radius 1 is 1.47 bits per heavy atom. The molecule has 0 aromatic heterocycles. The molecule has 1 atom stereocenters. The molecule has 0 amide bonds. The van der Waals surface area contributed by atoms with Crippen LogP contribution in [0.3, 0.4) is 0 Å². The minimum absolute atomic E-state index is 0.263. The van der Waals surface area contributed by atoms with Gasteiger partial charge >= 0.3 is 5.97 Å². The molecule has 1 saturated carbocycles. The number of ether oxygens (including phenoxy) is 2. The van der Waals surface area contributed by atoms with Gasteiger partial charge < -0.3 is 14.8 Å². The molecule has 1 aliphatic carbocycles. The zero-order chi connectivity index (χ0) is 13.9. The van der Waals surface area contributed by atoms with Gasteiger partial charge in [0.2, 0.25) is 0 Å². The Kier molecular flexibility index (Phi) is 4.47. The van der Waals surface area contributed by atoms with Crippen molar-refractivity contribution in [2.75, 3.05) is 26.1 Å². The molecule has 0 heterocycles. The minimum atomic E-state index is -0.787. The van der Waals surface area contributed by atoms with Crippen molar-refractivity contribution < 1.29 is 14.3 Å². The van der Waals surface area contributed by atoms with Gasteiger partial charge in [-0.2, -0.15) is 0 Å². The lowest BCUT2D eigenvalue weighted by atomic mass is 9.93. The molecule has 1 unspecified atom stereocenters. The van der Waals surface area contributed by atoms with Crippen LogP contribution >= 0.6 is 15.9 Å². The van der Waals surface area contributed by atoms with Crippen LogP contribution in [0, 0.1) is 5.92 Å². The summed E-state index contributed by atoms with van der Waals surface area (Å²) in [6.45, 7) is 0.302. The molecule has 19 heavy (non-hydrogen) atoms. The Hall–Kier alpha value is -1.07. The van der Waals surface area contributed by atoms with E-state index in [1.807, 2.05) is 24.3 Å². The SMILES string of the molecule is COCC(Nc1cccc(Br)c1)(C(=O)OC)C1CC1. The quantitative estimate of drug-likeness (QED) is 0.816. The molecule has 1 aromatic carbocycles. The Bertz CT molecular complexity index is 462. The smallest absolute Gasteiger partial charge is 0.334 e. The van der Waals surface area contributed by atoms with Gasteiger partial charge in [0.05, 0.1) is 13.7 Å². The van der Waals surface area contributed by atoms with Crippen LogP contribution in [0.25, 0.3) is 0 Å². The Labute approximate surface area is 121 Å². The van der Waals surface area contributed by atoms with Gasteiger partial charge in [-0.05, 0) is 37.0 Å². The Balaban J connectivity index is 2.28. The summed E-state index contributed by atoms with van der Waals surface area (Å²) in [6, 6.07) is 7.74. The van der Waals surface area contributed by atoms with E-state index in [0.717, 1.165) is 23.0 Å². The third kappa shape index (κ3) is 3.09. The van der Waals surface area contributed by atoms with Crippen molar-refractivity contribution in [2.24, 2.45) is 5.92 Å². The summed E-state index contributed by atoms with van der Waals surface area (Å²) in [5.74, 6) is -0.00397. The van der Waals surface area contributed by atoms with E-state index in [1.165, 1.54) is 7.11 Å². The van der Waals surface area contributed by atoms with Crippen LogP contribution in [0.2, 0.25) is 0 Å². The predicted molar refractivity (Wildman–Crippen MR) is 77.1 cm³/mol. The molecule has 1 N–H and O–H groups in total. The van der Waals surface area contributed by atoms with Crippen molar-refractivity contribution >= 4 is 27.6 Å². The van der Waals surface area contributed by atoms with E-state index in [0.29, 0.717) is 6.61 Å². The van der Waals surface area contributed by atoms with Crippen LogP contribution in [-0.4, -0.2) is 32.3 Å². The topological polar surface area (TPSA) is 47.6 Å². The summed E-state index contributed by atoms with van der Waals surface area (Å²) < 4.78 is 11.2. The first-order valence-corrected chi connectivity index (χ1v) is 7.03. The summed E-state index contributed by atoms with van der Waals surface area (Å²) in [4.78, 5) is 12.2. The van der Waals surface area contributed by atoms with Crippen LogP contribution in [0.1, 0.15) is 12.8 Å². The molecule has 0 saturated heterocycles. The molecule has 1 aromatic rings. The fraction of sp³-hybridized carbons (Fsp3) is 0.500. The van der Waals surface area contributed by atoms with E-state index >= 15 is 0 Å². The van der Waals surface area contributed by atoms with Crippen molar-refractivity contribution in [1.29, 1.82) is 0 Å². The zero-order valence-electron chi connectivity index (χ0n) is 11.1. The van der Waals surface area contributed by atoms with Crippen molar-refractivity contribution in [3.63, 3.8) is 0 Å². The fourth-order valence-electron chi connectivity index (χ4n) is 2.34. The second-order valence-electron chi connectivity index (χ2n) is 4.81. The van der Waals surface area contributed by atoms with E-state index in [2.05, 4.69) is 21.2 Å². The second-order valence-corrected chi connectivity index (χ2v) is 5.72. The molecule has 1 fully saturated rings. The van der Waals surface area contributed by atoms with Gasteiger partial charge in [0, 0.05) is 17.3 Å². The number of methoxy groups -OCH3 is 2. The largest absolute Gasteiger partial charge is 0.467 e. The fourth-order valence-corrected chi connectivity index (χ4v) is 2.74. The van der Waals surface area contributed by atoms with Gasteiger partial charge in [0.25, 0.3) is 0 Å². The number of halogens is 1. The van der Waals surface area contributed by atoms with E-state index in [1.54, 1.807) is 7.11 Å². The Morgan fingerprint density at radius 3 is 2.74 bits per heavy atom. The highest BCUT2D eigenvalue weighted by molar-refractivity contribution is 9.10. The lowest BCUT2D eigenvalue weighted by Crippen LogP contribution is -2.53. The number of esters is 1. The normalized spacial score (nSPS) is 17.6. The summed E-state index contributed by atoms with van der Waals surface area (Å²) in [5, 5.41) is 3.32. The van der Waals surface area contributed by atoms with Gasteiger partial charge in [-0.25, -0.2) is 4.79 Å². The van der Waals surface area contributed by atoms with Crippen molar-refractivity contribution in [3.8, 4) is 0 Å². The predicted octanol–water partition coefficient (Wildman–Crippen LogP) is 2.83. The van der Waals surface area contributed by atoms with Crippen LogP contribution in [-0.2, 0) is 14.3 Å². The van der Waals surface area contributed by atoms with Gasteiger partial charge in [0.15, 0.2) is 5.54 Å². The molecular weight excluding hydrogens is 310 g/mol. The van der Waals surface area contributed by atoms with Crippen LogP contribution in [0.15, 0.2) is 28.7 Å². The number of anilines is 1. The van der Waals surface area contributed by atoms with Crippen LogP contribution in [0.5, 0.6) is 0 Å². The lowest BCUT2D eigenvalue weighted by molar-refractivity contribution is -0.149. The summed E-state index contributed by atoms with van der Waals surface area (Å²) >= 11 is 3.43. The highest BCUT2D eigenvalue weighted by Crippen LogP contribution is 2.42. The third-order valence-corrected chi connectivity index (χ3v) is 3.88. The van der Waals surface area contributed by atoms with E-state index in [9.17, 15) is 4.79 Å². The number of nitrogens with one attached hydrogen (secondary N) is 1. The summed E-state index contributed by atoms with van der Waals surface area (Å²) in [7, 11) is 3.01. The first-order chi connectivity index (χ1) is 9.12. The van der Waals surface area contributed by atoms with Crippen molar-refractivity contribution in [1.82, 2.24) is 0 Å². The van der Waals surface area contributed by atoms with Crippen molar-refractivity contribution in [2.45, 2.75) is 18.4 Å². The number of hydrogen-bond donors (Lipinski definition) is 1. The molecular formula is C14H18BrNO3. The second kappa shape index (κ2) is 5.92. The molecule has 4 nitrogen and oxygen atoms in total. The highest BCUT2D eigenvalue weighted by Gasteiger charge is 2.52. The first kappa shape index (κ1) is 14.3. The standard InChI is InChI=1S/C14H18BrNO3/c1-18-9-14(10-6-7-10,13(17)19-2)16-12-5-3-4-11(15)8-12/h3-5,8,10,16H,6-7,9H2,1-2H3. The molecule has 0 radical (unpaired) electrons. The molecule has 104 valence electrons. The minimum Gasteiger partial charge on any atom is -0.467 e. The number of carbonyl (C=O) groups excluding carboxylic acids is 1. The average Bonchev–Trinajstić information content (AvgIpc) is 3.21. The molecule has 0 spiro atoms. The maximum atomic E-state index is 12.2. The third-order valence-electron chi connectivity index (χ3n) is 3.39. The van der Waals surface area contributed by atoms with E-state index in [4.69, 9.17) is 9.47 Å². The van der Waals surface area contributed by atoms with Crippen LogP contribution in [0.4, 0.5) is 5.69 Å². The van der Waals surface area contributed by atoms with Gasteiger partial charge in [-0.1, -0.05) is 22.0 Å². The van der Waals surface area contributed by atoms with Crippen molar-refractivity contribution in [3.05, 3.63) is 28.7 Å². The average molecular weight is 328 g/mol. The molecule has 0 bridgehead atoms. The Morgan fingerprint density at radius 2 is 2.21 bits per heavy atom. The number of carbonyl (C=O) groups is 1. The number of rotatable bonds is 6. The molecule has 0 aliphatic heterocycles. The van der Waals surface area contributed by atoms with E-state index in [-0.39, 0.29) is 11.9 Å². The van der Waals surface area contributed by atoms with Crippen LogP contribution < -0.4 is 5.32 Å². The maximum Gasteiger partial charge on any atom is 0.334 e. The summed E-state index contributed by atoms with van der Waals surface area (Å²) in [6.07, 6.45) is 2.03. The number of hydrogen-bond acceptors (Lipinski definition) is 4. The first-order valence-electron chi connectivity index (χ1n) is 6.23. The van der Waals surface area contributed by atoms with Gasteiger partial charge in [-0.15, -0.1) is 0 Å². The maximum absolute atomic E-state index is 12.2. The number of benzene rings is 1. The lowest BCUT2D eigenvalue weighted by Gasteiger charge is -2.32. The summed E-state index contributed by atoms with van der Waals surface area (Å²) in [5.41, 5.74) is 0.0910. The molecule has 5 heteroatoms. The molecule has 1 aliphatic rings. The van der Waals surface area contributed by atoms with Gasteiger partial charge in [-0.3, -0.25) is 0 Å².